The summed E-state index contributed by atoms with van der Waals surface area (Å²) in [5.74, 6) is -0.475. The Bertz CT molecular complexity index is 516. The first-order chi connectivity index (χ1) is 7.66. The van der Waals surface area contributed by atoms with Gasteiger partial charge in [-0.1, -0.05) is 0 Å². The van der Waals surface area contributed by atoms with Crippen molar-refractivity contribution in [3.05, 3.63) is 34.5 Å². The molecule has 0 aliphatic carbocycles. The van der Waals surface area contributed by atoms with Crippen LogP contribution in [0.3, 0.4) is 0 Å². The van der Waals surface area contributed by atoms with Crippen LogP contribution in [-0.4, -0.2) is 26.3 Å². The lowest BCUT2D eigenvalue weighted by Gasteiger charge is -1.94. The van der Waals surface area contributed by atoms with E-state index in [1.165, 1.54) is 22.2 Å². The molecule has 0 fully saturated rings. The highest BCUT2D eigenvalue weighted by Gasteiger charge is 2.16. The van der Waals surface area contributed by atoms with Gasteiger partial charge in [0.25, 0.3) is 0 Å². The molecule has 0 unspecified atom stereocenters. The topological polar surface area (TPSA) is 64.8 Å². The number of carbonyl (C=O) groups excluding carboxylic acids is 2. The molecule has 82 valence electrons. The summed E-state index contributed by atoms with van der Waals surface area (Å²) in [5, 5.41) is 3.95. The van der Waals surface area contributed by atoms with E-state index >= 15 is 0 Å². The van der Waals surface area contributed by atoms with Crippen LogP contribution in [0.4, 0.5) is 0 Å². The van der Waals surface area contributed by atoms with Crippen LogP contribution in [0.2, 0.25) is 0 Å². The van der Waals surface area contributed by atoms with Crippen molar-refractivity contribution < 1.29 is 9.59 Å². The van der Waals surface area contributed by atoms with Gasteiger partial charge in [0.2, 0.25) is 0 Å². The third kappa shape index (κ3) is 2.22. The maximum Gasteiger partial charge on any atom is 0.190 e. The third-order valence-electron chi connectivity index (χ3n) is 2.03. The Balaban J connectivity index is 2.06. The van der Waals surface area contributed by atoms with Crippen molar-refractivity contribution in [1.29, 1.82) is 0 Å². The van der Waals surface area contributed by atoms with Crippen LogP contribution in [0.25, 0.3) is 0 Å². The monoisotopic (exact) mass is 235 g/mol. The van der Waals surface area contributed by atoms with Crippen LogP contribution in [-0.2, 0) is 7.05 Å². The Labute approximate surface area is 95.7 Å². The zero-order valence-electron chi connectivity index (χ0n) is 8.58. The van der Waals surface area contributed by atoms with Crippen LogP contribution in [0.1, 0.15) is 26.6 Å². The second-order valence-corrected chi connectivity index (χ2v) is 4.15. The molecule has 5 nitrogen and oxygen atoms in total. The molecular formula is C10H9N3O2S. The van der Waals surface area contributed by atoms with E-state index in [1.807, 2.05) is 0 Å². The molecule has 2 aromatic heterocycles. The molecule has 0 saturated heterocycles. The molecule has 0 amide bonds. The molecule has 0 bridgehead atoms. The van der Waals surface area contributed by atoms with E-state index in [9.17, 15) is 9.59 Å². The second kappa shape index (κ2) is 4.36. The fraction of sp³-hybridized carbons (Fsp3) is 0.200. The first kappa shape index (κ1) is 10.7. The lowest BCUT2D eigenvalue weighted by atomic mass is 10.1. The molecule has 0 aromatic carbocycles. The number of Topliss-reactive ketones (excluding diaryl/α,β-unsaturated/α-hetero) is 2. The summed E-state index contributed by atoms with van der Waals surface area (Å²) in [6.45, 7) is 0. The minimum absolute atomic E-state index is 0.154. The van der Waals surface area contributed by atoms with Gasteiger partial charge in [-0.3, -0.25) is 19.3 Å². The highest BCUT2D eigenvalue weighted by molar-refractivity contribution is 7.11. The lowest BCUT2D eigenvalue weighted by molar-refractivity contribution is 0.0893. The minimum Gasteiger partial charge on any atom is -0.293 e. The van der Waals surface area contributed by atoms with Gasteiger partial charge >= 0.3 is 0 Å². The molecule has 6 heteroatoms. The van der Waals surface area contributed by atoms with Crippen LogP contribution >= 0.6 is 11.3 Å². The Morgan fingerprint density at radius 3 is 2.81 bits per heavy atom. The van der Waals surface area contributed by atoms with Gasteiger partial charge < -0.3 is 0 Å². The summed E-state index contributed by atoms with van der Waals surface area (Å²) < 4.78 is 1.53. The molecule has 2 heterocycles. The lowest BCUT2D eigenvalue weighted by Crippen LogP contribution is -2.08. The summed E-state index contributed by atoms with van der Waals surface area (Å²) in [4.78, 5) is 27.6. The Hall–Kier alpha value is -1.82. The number of nitrogens with zero attached hydrogens (tertiary/aromatic N) is 3. The molecule has 0 atom stereocenters. The highest BCUT2D eigenvalue weighted by Crippen LogP contribution is 2.10. The number of carbonyl (C=O) groups is 2. The highest BCUT2D eigenvalue weighted by atomic mass is 32.1. The van der Waals surface area contributed by atoms with E-state index < -0.39 is 0 Å². The van der Waals surface area contributed by atoms with Crippen LogP contribution in [0.5, 0.6) is 0 Å². The van der Waals surface area contributed by atoms with Gasteiger partial charge in [-0.15, -0.1) is 11.3 Å². The fourth-order valence-electron chi connectivity index (χ4n) is 1.24. The predicted octanol–water partition coefficient (Wildman–Crippen LogP) is 1.33. The number of ketones is 2. The molecule has 0 radical (unpaired) electrons. The van der Waals surface area contributed by atoms with Crippen molar-refractivity contribution in [2.75, 3.05) is 0 Å². The van der Waals surface area contributed by atoms with Crippen LogP contribution in [0.15, 0.2) is 24.0 Å². The van der Waals surface area contributed by atoms with E-state index in [1.54, 1.807) is 24.8 Å². The third-order valence-corrected chi connectivity index (χ3v) is 2.84. The molecule has 0 aliphatic heterocycles. The average molecular weight is 235 g/mol. The summed E-state index contributed by atoms with van der Waals surface area (Å²) in [6, 6.07) is 1.60. The molecule has 0 saturated carbocycles. The zero-order valence-corrected chi connectivity index (χ0v) is 9.40. The van der Waals surface area contributed by atoms with Gasteiger partial charge in [0.05, 0.1) is 16.8 Å². The standard InChI is InChI=1S/C10H9N3O2S/c1-13-3-2-7(12-13)8(14)4-9(15)10-5-11-6-16-10/h2-3,5-6H,4H2,1H3. The molecule has 2 aromatic rings. The number of hydrogen-bond donors (Lipinski definition) is 0. The largest absolute Gasteiger partial charge is 0.293 e. The van der Waals surface area contributed by atoms with Crippen molar-refractivity contribution in [3.63, 3.8) is 0 Å². The van der Waals surface area contributed by atoms with E-state index in [4.69, 9.17) is 0 Å². The molecule has 16 heavy (non-hydrogen) atoms. The van der Waals surface area contributed by atoms with Crippen molar-refractivity contribution in [2.45, 2.75) is 6.42 Å². The summed E-state index contributed by atoms with van der Waals surface area (Å²) >= 11 is 1.23. The second-order valence-electron chi connectivity index (χ2n) is 3.26. The summed E-state index contributed by atoms with van der Waals surface area (Å²) in [7, 11) is 1.72. The molecular weight excluding hydrogens is 226 g/mol. The Morgan fingerprint density at radius 2 is 2.25 bits per heavy atom. The smallest absolute Gasteiger partial charge is 0.190 e. The van der Waals surface area contributed by atoms with Gasteiger partial charge in [0, 0.05) is 19.4 Å². The number of aromatic nitrogens is 3. The quantitative estimate of drug-likeness (QED) is 0.592. The van der Waals surface area contributed by atoms with Crippen molar-refractivity contribution in [3.8, 4) is 0 Å². The SMILES string of the molecule is Cn1ccc(C(=O)CC(=O)c2cncs2)n1. The maximum atomic E-state index is 11.7. The first-order valence-corrected chi connectivity index (χ1v) is 5.49. The molecule has 0 spiro atoms. The predicted molar refractivity (Wildman–Crippen MR) is 58.6 cm³/mol. The Kier molecular flexibility index (Phi) is 2.91. The van der Waals surface area contributed by atoms with E-state index in [0.29, 0.717) is 10.6 Å². The summed E-state index contributed by atoms with van der Waals surface area (Å²) in [5.41, 5.74) is 1.89. The fourth-order valence-corrected chi connectivity index (χ4v) is 1.80. The first-order valence-electron chi connectivity index (χ1n) is 4.61. The molecule has 0 aliphatic rings. The van der Waals surface area contributed by atoms with Crippen molar-refractivity contribution in [1.82, 2.24) is 14.8 Å². The van der Waals surface area contributed by atoms with E-state index in [0.717, 1.165) is 0 Å². The van der Waals surface area contributed by atoms with Gasteiger partial charge in [-0.05, 0) is 6.07 Å². The maximum absolute atomic E-state index is 11.7. The van der Waals surface area contributed by atoms with Gasteiger partial charge in [-0.2, -0.15) is 5.10 Å². The number of aryl methyl sites for hydroxylation is 1. The van der Waals surface area contributed by atoms with Gasteiger partial charge in [0.15, 0.2) is 11.6 Å². The van der Waals surface area contributed by atoms with Gasteiger partial charge in [0.1, 0.15) is 5.69 Å². The Morgan fingerprint density at radius 1 is 1.44 bits per heavy atom. The number of rotatable bonds is 4. The van der Waals surface area contributed by atoms with Crippen molar-refractivity contribution >= 4 is 22.9 Å². The number of hydrogen-bond acceptors (Lipinski definition) is 5. The normalized spacial score (nSPS) is 10.3. The van der Waals surface area contributed by atoms with Crippen LogP contribution in [0, 0.1) is 0 Å². The van der Waals surface area contributed by atoms with Crippen LogP contribution < -0.4 is 0 Å². The molecule has 0 N–H and O–H groups in total. The summed E-state index contributed by atoms with van der Waals surface area (Å²) in [6.07, 6.45) is 2.99. The average Bonchev–Trinajstić information content (AvgIpc) is 2.87. The van der Waals surface area contributed by atoms with E-state index in [-0.39, 0.29) is 18.0 Å². The van der Waals surface area contributed by atoms with E-state index in [2.05, 4.69) is 10.1 Å². The minimum atomic E-state index is -0.265. The molecule has 2 rings (SSSR count). The zero-order chi connectivity index (χ0) is 11.5. The van der Waals surface area contributed by atoms with Gasteiger partial charge in [-0.25, -0.2) is 0 Å². The van der Waals surface area contributed by atoms with Crippen molar-refractivity contribution in [2.24, 2.45) is 7.05 Å². The number of thiazole rings is 1.